The van der Waals surface area contributed by atoms with E-state index in [0.717, 1.165) is 0 Å². The Hall–Kier alpha value is -2.93. The van der Waals surface area contributed by atoms with E-state index in [4.69, 9.17) is 0 Å². The lowest BCUT2D eigenvalue weighted by molar-refractivity contribution is -0.617. The first-order valence-electron chi connectivity index (χ1n) is 7.87. The molecular formula is C22H18N+. The van der Waals surface area contributed by atoms with Crippen LogP contribution in [0, 0.1) is 0 Å². The molecule has 110 valence electrons. The monoisotopic (exact) mass is 296 g/mol. The fraction of sp³-hybridized carbons (Fsp3) is 0.0455. The number of aromatic nitrogens is 1. The van der Waals surface area contributed by atoms with Gasteiger partial charge in [-0.05, 0) is 17.7 Å². The molecule has 0 saturated heterocycles. The molecule has 1 aromatic heterocycles. The summed E-state index contributed by atoms with van der Waals surface area (Å²) < 4.78 is 2.27. The second-order valence-corrected chi connectivity index (χ2v) is 5.75. The van der Waals surface area contributed by atoms with E-state index >= 15 is 0 Å². The Morgan fingerprint density at radius 1 is 0.609 bits per heavy atom. The van der Waals surface area contributed by atoms with E-state index in [1.165, 1.54) is 32.9 Å². The van der Waals surface area contributed by atoms with Crippen LogP contribution < -0.4 is 4.57 Å². The molecule has 0 spiro atoms. The SMILES string of the molecule is C[n+]1c2ccccc2c(C=Cc2ccccc2)c2ccccc21. The number of fused-ring (bicyclic) bond motifs is 2. The molecule has 1 heterocycles. The van der Waals surface area contributed by atoms with E-state index in [2.05, 4.69) is 96.6 Å². The van der Waals surface area contributed by atoms with Gasteiger partial charge in [-0.3, -0.25) is 0 Å². The number of para-hydroxylation sites is 2. The van der Waals surface area contributed by atoms with Crippen molar-refractivity contribution in [3.05, 3.63) is 90.0 Å². The quantitative estimate of drug-likeness (QED) is 0.362. The summed E-state index contributed by atoms with van der Waals surface area (Å²) >= 11 is 0. The summed E-state index contributed by atoms with van der Waals surface area (Å²) in [5.41, 5.74) is 4.99. The second kappa shape index (κ2) is 5.69. The van der Waals surface area contributed by atoms with Crippen molar-refractivity contribution in [1.82, 2.24) is 0 Å². The van der Waals surface area contributed by atoms with E-state index < -0.39 is 0 Å². The standard InChI is InChI=1S/C22H18N/c1-23-21-13-7-5-11-19(21)18(20-12-6-8-14-22(20)23)16-15-17-9-3-2-4-10-17/h2-16H,1H3/q+1. The molecule has 1 nitrogen and oxygen atoms in total. The molecular weight excluding hydrogens is 278 g/mol. The van der Waals surface area contributed by atoms with Gasteiger partial charge in [-0.15, -0.1) is 0 Å². The predicted molar refractivity (Wildman–Crippen MR) is 98.0 cm³/mol. The lowest BCUT2D eigenvalue weighted by Gasteiger charge is -2.07. The largest absolute Gasteiger partial charge is 0.213 e. The van der Waals surface area contributed by atoms with Crippen LogP contribution in [-0.2, 0) is 7.05 Å². The van der Waals surface area contributed by atoms with E-state index in [-0.39, 0.29) is 0 Å². The van der Waals surface area contributed by atoms with Crippen LogP contribution in [0.2, 0.25) is 0 Å². The van der Waals surface area contributed by atoms with Gasteiger partial charge < -0.3 is 0 Å². The zero-order chi connectivity index (χ0) is 15.6. The molecule has 0 aliphatic heterocycles. The maximum Gasteiger partial charge on any atom is 0.213 e. The Labute approximate surface area is 136 Å². The topological polar surface area (TPSA) is 3.88 Å². The van der Waals surface area contributed by atoms with Crippen molar-refractivity contribution >= 4 is 34.0 Å². The number of benzene rings is 3. The van der Waals surface area contributed by atoms with Gasteiger partial charge in [0, 0.05) is 17.7 Å². The number of rotatable bonds is 2. The first kappa shape index (κ1) is 13.7. The number of hydrogen-bond donors (Lipinski definition) is 0. The normalized spacial score (nSPS) is 11.5. The molecule has 4 aromatic rings. The van der Waals surface area contributed by atoms with Crippen LogP contribution in [0.5, 0.6) is 0 Å². The average Bonchev–Trinajstić information content (AvgIpc) is 2.63. The van der Waals surface area contributed by atoms with Crippen molar-refractivity contribution in [1.29, 1.82) is 0 Å². The first-order chi connectivity index (χ1) is 11.3. The second-order valence-electron chi connectivity index (χ2n) is 5.75. The lowest BCUT2D eigenvalue weighted by Crippen LogP contribution is -2.30. The van der Waals surface area contributed by atoms with Crippen molar-refractivity contribution in [2.24, 2.45) is 7.05 Å². The van der Waals surface area contributed by atoms with Gasteiger partial charge in [-0.25, -0.2) is 0 Å². The summed E-state index contributed by atoms with van der Waals surface area (Å²) in [7, 11) is 2.13. The maximum absolute atomic E-state index is 2.27. The fourth-order valence-electron chi connectivity index (χ4n) is 3.19. The molecule has 0 radical (unpaired) electrons. The third kappa shape index (κ3) is 2.40. The van der Waals surface area contributed by atoms with Gasteiger partial charge >= 0.3 is 0 Å². The highest BCUT2D eigenvalue weighted by Crippen LogP contribution is 2.26. The molecule has 3 aromatic carbocycles. The van der Waals surface area contributed by atoms with Crippen LogP contribution in [0.25, 0.3) is 34.0 Å². The van der Waals surface area contributed by atoms with Gasteiger partial charge in [-0.2, -0.15) is 4.57 Å². The minimum atomic E-state index is 1.22. The first-order valence-corrected chi connectivity index (χ1v) is 7.87. The number of hydrogen-bond acceptors (Lipinski definition) is 0. The molecule has 0 bridgehead atoms. The predicted octanol–water partition coefficient (Wildman–Crippen LogP) is 4.99. The third-order valence-electron chi connectivity index (χ3n) is 4.35. The van der Waals surface area contributed by atoms with Gasteiger partial charge in [0.1, 0.15) is 7.05 Å². The molecule has 0 unspecified atom stereocenters. The van der Waals surface area contributed by atoms with Crippen molar-refractivity contribution in [3.63, 3.8) is 0 Å². The summed E-state index contributed by atoms with van der Waals surface area (Å²) in [6.45, 7) is 0. The van der Waals surface area contributed by atoms with Gasteiger partial charge in [-0.1, -0.05) is 66.7 Å². The average molecular weight is 296 g/mol. The van der Waals surface area contributed by atoms with E-state index in [1.54, 1.807) is 0 Å². The summed E-state index contributed by atoms with van der Waals surface area (Å²) in [5, 5.41) is 2.56. The molecule has 0 N–H and O–H groups in total. The Balaban J connectivity index is 2.03. The highest BCUT2D eigenvalue weighted by Gasteiger charge is 2.15. The van der Waals surface area contributed by atoms with Crippen molar-refractivity contribution in [2.75, 3.05) is 0 Å². The minimum absolute atomic E-state index is 1.22. The molecule has 0 fully saturated rings. The van der Waals surface area contributed by atoms with Crippen LogP contribution in [0.3, 0.4) is 0 Å². The van der Waals surface area contributed by atoms with Crippen molar-refractivity contribution in [2.45, 2.75) is 0 Å². The highest BCUT2D eigenvalue weighted by molar-refractivity contribution is 6.01. The smallest absolute Gasteiger partial charge is 0.194 e. The minimum Gasteiger partial charge on any atom is -0.194 e. The van der Waals surface area contributed by atoms with Crippen molar-refractivity contribution in [3.8, 4) is 0 Å². The van der Waals surface area contributed by atoms with Gasteiger partial charge in [0.25, 0.3) is 0 Å². The Morgan fingerprint density at radius 2 is 1.13 bits per heavy atom. The Bertz CT molecular complexity index is 957. The summed E-state index contributed by atoms with van der Waals surface area (Å²) in [6, 6.07) is 27.6. The van der Waals surface area contributed by atoms with Crippen LogP contribution >= 0.6 is 0 Å². The molecule has 23 heavy (non-hydrogen) atoms. The van der Waals surface area contributed by atoms with Crippen LogP contribution in [0.1, 0.15) is 11.1 Å². The zero-order valence-electron chi connectivity index (χ0n) is 13.1. The molecule has 1 heteroatoms. The Kier molecular flexibility index (Phi) is 3.39. The van der Waals surface area contributed by atoms with E-state index in [9.17, 15) is 0 Å². The van der Waals surface area contributed by atoms with E-state index in [1.807, 2.05) is 6.07 Å². The Morgan fingerprint density at radius 3 is 1.74 bits per heavy atom. The summed E-state index contributed by atoms with van der Waals surface area (Å²) in [4.78, 5) is 0. The molecule has 0 atom stereocenters. The lowest BCUT2D eigenvalue weighted by atomic mass is 10.0. The summed E-state index contributed by atoms with van der Waals surface area (Å²) in [5.74, 6) is 0. The molecule has 0 aliphatic carbocycles. The number of pyridine rings is 1. The number of nitrogens with zero attached hydrogens (tertiary/aromatic N) is 1. The molecule has 4 rings (SSSR count). The molecule has 0 amide bonds. The highest BCUT2D eigenvalue weighted by atomic mass is 14.9. The van der Waals surface area contributed by atoms with Crippen LogP contribution in [0.4, 0.5) is 0 Å². The van der Waals surface area contributed by atoms with Gasteiger partial charge in [0.15, 0.2) is 0 Å². The van der Waals surface area contributed by atoms with Crippen molar-refractivity contribution < 1.29 is 4.57 Å². The van der Waals surface area contributed by atoms with E-state index in [0.29, 0.717) is 0 Å². The molecule has 0 saturated carbocycles. The fourth-order valence-corrected chi connectivity index (χ4v) is 3.19. The summed E-state index contributed by atoms with van der Waals surface area (Å²) in [6.07, 6.45) is 4.42. The maximum atomic E-state index is 2.27. The third-order valence-corrected chi connectivity index (χ3v) is 4.35. The van der Waals surface area contributed by atoms with Crippen LogP contribution in [-0.4, -0.2) is 0 Å². The number of aryl methyl sites for hydroxylation is 1. The van der Waals surface area contributed by atoms with Gasteiger partial charge in [0.2, 0.25) is 11.0 Å². The molecule has 0 aliphatic rings. The van der Waals surface area contributed by atoms with Gasteiger partial charge in [0.05, 0.1) is 10.8 Å². The zero-order valence-corrected chi connectivity index (χ0v) is 13.1. The van der Waals surface area contributed by atoms with Crippen LogP contribution in [0.15, 0.2) is 78.9 Å².